The molecule has 0 bridgehead atoms. The van der Waals surface area contributed by atoms with Crippen molar-refractivity contribution in [2.45, 2.75) is 0 Å². The van der Waals surface area contributed by atoms with Gasteiger partial charge >= 0.3 is 0 Å². The molecule has 0 radical (unpaired) electrons. The van der Waals surface area contributed by atoms with E-state index in [0.717, 1.165) is 0 Å². The second-order valence-corrected chi connectivity index (χ2v) is 0. The first kappa shape index (κ1) is 84.5. The van der Waals surface area contributed by atoms with Crippen molar-refractivity contribution >= 4 is 0 Å². The van der Waals surface area contributed by atoms with Gasteiger partial charge in [0.15, 0.2) is 0 Å². The van der Waals surface area contributed by atoms with E-state index in [4.69, 9.17) is 0 Å². The van der Waals surface area contributed by atoms with Crippen molar-refractivity contribution in [2.75, 3.05) is 0 Å². The molecule has 0 saturated carbocycles. The Labute approximate surface area is 138 Å². The van der Waals surface area contributed by atoms with E-state index in [1.54, 1.807) is 0 Å². The molecule has 0 saturated heterocycles. The molecule has 0 unspecified atom stereocenters. The van der Waals surface area contributed by atoms with Crippen molar-refractivity contribution in [3.8, 4) is 0 Å². The minimum absolute atomic E-state index is 0. The van der Waals surface area contributed by atoms with E-state index in [0.29, 0.717) is 0 Å². The van der Waals surface area contributed by atoms with Crippen LogP contribution < -0.4 is 0 Å². The van der Waals surface area contributed by atoms with Crippen molar-refractivity contribution in [1.29, 1.82) is 0 Å². The van der Waals surface area contributed by atoms with Crippen LogP contribution >= 0.6 is 0 Å². The first-order valence-electron chi connectivity index (χ1n) is 0. The van der Waals surface area contributed by atoms with Crippen LogP contribution in [0.15, 0.2) is 0 Å². The van der Waals surface area contributed by atoms with Crippen LogP contribution in [0.2, 0.25) is 0 Å². The zero-order chi connectivity index (χ0) is 0. The summed E-state index contributed by atoms with van der Waals surface area (Å²) in [7, 11) is 0. The Balaban J connectivity index is 0. The van der Waals surface area contributed by atoms with E-state index in [9.17, 15) is 0 Å². The maximum Gasteiger partial charge on any atom is 0 e. The molecule has 0 N–H and O–H groups in total. The van der Waals surface area contributed by atoms with E-state index < -0.39 is 0 Å². The fourth-order valence-corrected chi connectivity index (χ4v) is 0. The van der Waals surface area contributed by atoms with Crippen LogP contribution in [0.25, 0.3) is 0 Å². The molecule has 62 valence electrons. The van der Waals surface area contributed by atoms with Crippen LogP contribution in [0.3, 0.4) is 0 Å². The normalized spacial score (nSPS) is 0. The molecule has 0 aliphatic heterocycles. The first-order chi connectivity index (χ1) is 0. The van der Waals surface area contributed by atoms with Gasteiger partial charge in [0.05, 0.1) is 0 Å². The Kier molecular flexibility index (Phi) is 682. The molecule has 0 heterocycles. The summed E-state index contributed by atoms with van der Waals surface area (Å²) in [5.74, 6) is 0. The Hall–Kier alpha value is 4.32. The second kappa shape index (κ2) is 64.5. The summed E-state index contributed by atoms with van der Waals surface area (Å²) in [6.45, 7) is 0. The molecule has 8 heteroatoms. The van der Waals surface area contributed by atoms with Crippen LogP contribution in [0.5, 0.6) is 0 Å². The smallest absolute Gasteiger partial charge is 0 e. The molecule has 0 aromatic rings. The Morgan fingerprint density at radius 1 is 0.250 bits per heavy atom. The van der Waals surface area contributed by atoms with E-state index in [1.807, 2.05) is 0 Å². The van der Waals surface area contributed by atoms with Crippen LogP contribution in [0, 0.1) is 0 Å². The fourth-order valence-electron chi connectivity index (χ4n) is 0. The topological polar surface area (TPSA) is 0 Å². The van der Waals surface area contributed by atoms with E-state index in [-0.39, 0.29) is 141 Å². The summed E-state index contributed by atoms with van der Waals surface area (Å²) in [6.07, 6.45) is 0. The van der Waals surface area contributed by atoms with Gasteiger partial charge in [-0.05, 0) is 0 Å². The average Bonchev–Trinajstić information content (AvgIpc) is 0. The SMILES string of the molecule is [Fe].[Fe].[Fe].[Fe].[Fe].[Fe].[Fe].[Mo]. The second-order valence-electron chi connectivity index (χ2n) is 0. The standard InChI is InChI=1S/7Fe.Mo. The molecule has 0 aliphatic carbocycles. The molecule has 0 amide bonds. The van der Waals surface area contributed by atoms with Crippen LogP contribution in [0.4, 0.5) is 0 Å². The molecule has 0 rings (SSSR count). The van der Waals surface area contributed by atoms with Gasteiger partial charge in [-0.1, -0.05) is 0 Å². The third-order valence-corrected chi connectivity index (χ3v) is 0. The van der Waals surface area contributed by atoms with Crippen molar-refractivity contribution < 1.29 is 141 Å². The number of rotatable bonds is 0. The largest absolute Gasteiger partial charge is 0 e. The molecule has 0 nitrogen and oxygen atoms in total. The fraction of sp³-hybridized carbons (Fsp3) is 0. The van der Waals surface area contributed by atoms with Gasteiger partial charge in [-0.15, -0.1) is 0 Å². The summed E-state index contributed by atoms with van der Waals surface area (Å²) < 4.78 is 0. The molecule has 0 aromatic carbocycles. The van der Waals surface area contributed by atoms with Gasteiger partial charge in [0.1, 0.15) is 0 Å². The van der Waals surface area contributed by atoms with Crippen molar-refractivity contribution in [3.05, 3.63) is 0 Å². The van der Waals surface area contributed by atoms with E-state index in [1.165, 1.54) is 0 Å². The Bertz CT molecular complexity index is 4.35. The predicted octanol–water partition coefficient (Wildman–Crippen LogP) is -0.0200. The molecule has 0 aliphatic rings. The van der Waals surface area contributed by atoms with Crippen molar-refractivity contribution in [2.24, 2.45) is 0 Å². The van der Waals surface area contributed by atoms with Gasteiger partial charge in [0.2, 0.25) is 0 Å². The summed E-state index contributed by atoms with van der Waals surface area (Å²) in [4.78, 5) is 0. The van der Waals surface area contributed by atoms with Crippen molar-refractivity contribution in [3.63, 3.8) is 0 Å². The molecule has 0 atom stereocenters. The minimum Gasteiger partial charge on any atom is 0 e. The maximum absolute atomic E-state index is 0. The van der Waals surface area contributed by atoms with Gasteiger partial charge < -0.3 is 0 Å². The predicted molar refractivity (Wildman–Crippen MR) is 0 cm³/mol. The third kappa shape index (κ3) is 48.0. The summed E-state index contributed by atoms with van der Waals surface area (Å²) in [5, 5.41) is 0. The van der Waals surface area contributed by atoms with E-state index in [2.05, 4.69) is 0 Å². The summed E-state index contributed by atoms with van der Waals surface area (Å²) in [5.41, 5.74) is 0. The summed E-state index contributed by atoms with van der Waals surface area (Å²) >= 11 is 0. The monoisotopic (exact) mass is 489 g/mol. The maximum atomic E-state index is 0. The van der Waals surface area contributed by atoms with Gasteiger partial charge in [-0.2, -0.15) is 0 Å². The molecular formula is Fe7Mo. The van der Waals surface area contributed by atoms with Crippen molar-refractivity contribution in [1.82, 2.24) is 0 Å². The Morgan fingerprint density at radius 2 is 0.250 bits per heavy atom. The molecule has 0 spiro atoms. The third-order valence-electron chi connectivity index (χ3n) is 0. The van der Waals surface area contributed by atoms with Gasteiger partial charge in [0.25, 0.3) is 0 Å². The number of hydrogen-bond acceptors (Lipinski definition) is 0. The first-order valence-corrected chi connectivity index (χ1v) is 0. The Morgan fingerprint density at radius 3 is 0.250 bits per heavy atom. The zero-order valence-electron chi connectivity index (χ0n) is 2.88. The van der Waals surface area contributed by atoms with Gasteiger partial charge in [-0.25, -0.2) is 0 Å². The van der Waals surface area contributed by atoms with Crippen LogP contribution in [0.1, 0.15) is 0 Å². The summed E-state index contributed by atoms with van der Waals surface area (Å²) in [6, 6.07) is 0. The number of hydrogen-bond donors (Lipinski definition) is 0. The van der Waals surface area contributed by atoms with E-state index >= 15 is 0 Å². The molecular weight excluding hydrogens is 487 g/mol. The quantitative estimate of drug-likeness (QED) is 0.422. The molecule has 0 aromatic heterocycles. The van der Waals surface area contributed by atoms with Gasteiger partial charge in [-0.3, -0.25) is 0 Å². The molecule has 0 fully saturated rings. The average molecular weight is 487 g/mol. The zero-order valence-corrected chi connectivity index (χ0v) is 12.6. The van der Waals surface area contributed by atoms with Gasteiger partial charge in [0, 0.05) is 141 Å². The molecule has 8 heavy (non-hydrogen) atoms. The minimum atomic E-state index is 0. The van der Waals surface area contributed by atoms with Crippen LogP contribution in [-0.4, -0.2) is 0 Å². The van der Waals surface area contributed by atoms with Crippen LogP contribution in [-0.2, 0) is 141 Å².